The van der Waals surface area contributed by atoms with Crippen LogP contribution in [0.1, 0.15) is 12.0 Å². The number of nitrogens with one attached hydrogen (secondary N) is 1. The van der Waals surface area contributed by atoms with Crippen LogP contribution in [-0.4, -0.2) is 25.5 Å². The van der Waals surface area contributed by atoms with Crippen LogP contribution in [0.4, 0.5) is 14.5 Å². The van der Waals surface area contributed by atoms with Gasteiger partial charge >= 0.3 is 0 Å². The Morgan fingerprint density at radius 1 is 1.33 bits per heavy atom. The fourth-order valence-electron chi connectivity index (χ4n) is 1.24. The number of ether oxygens (including phenoxy) is 1. The van der Waals surface area contributed by atoms with Crippen molar-refractivity contribution < 1.29 is 18.3 Å². The van der Waals surface area contributed by atoms with Crippen LogP contribution < -0.4 is 5.32 Å². The molecule has 1 rings (SSSR count). The number of carbonyl (C=O) groups excluding carboxylic acids is 1. The highest BCUT2D eigenvalue weighted by Crippen LogP contribution is 2.11. The predicted molar refractivity (Wildman–Crippen MR) is 66.1 cm³/mol. The largest absolute Gasteiger partial charge is 0.375 e. The van der Waals surface area contributed by atoms with Crippen LogP contribution in [0.3, 0.4) is 0 Å². The zero-order valence-electron chi connectivity index (χ0n) is 9.67. The van der Waals surface area contributed by atoms with Crippen molar-refractivity contribution in [3.05, 3.63) is 29.8 Å². The van der Waals surface area contributed by atoms with E-state index >= 15 is 0 Å². The van der Waals surface area contributed by atoms with Crippen LogP contribution in [-0.2, 0) is 15.4 Å². The van der Waals surface area contributed by atoms with Gasteiger partial charge in [-0.15, -0.1) is 11.6 Å². The summed E-state index contributed by atoms with van der Waals surface area (Å²) in [5.41, 5.74) is 1.60. The number of halogens is 3. The SMILES string of the molecule is O=C(CCOCC(F)F)Nc1ccc(CCl)cc1. The quantitative estimate of drug-likeness (QED) is 0.614. The number of carbonyl (C=O) groups is 1. The fourth-order valence-corrected chi connectivity index (χ4v) is 1.42. The number of alkyl halides is 3. The van der Waals surface area contributed by atoms with Gasteiger partial charge in [0, 0.05) is 11.6 Å². The number of rotatable bonds is 7. The van der Waals surface area contributed by atoms with Crippen molar-refractivity contribution in [2.75, 3.05) is 18.5 Å². The average molecular weight is 278 g/mol. The summed E-state index contributed by atoms with van der Waals surface area (Å²) in [7, 11) is 0. The van der Waals surface area contributed by atoms with Crippen LogP contribution in [0.2, 0.25) is 0 Å². The summed E-state index contributed by atoms with van der Waals surface area (Å²) >= 11 is 5.63. The molecule has 6 heteroatoms. The lowest BCUT2D eigenvalue weighted by molar-refractivity contribution is -0.117. The highest BCUT2D eigenvalue weighted by molar-refractivity contribution is 6.17. The van der Waals surface area contributed by atoms with E-state index in [9.17, 15) is 13.6 Å². The lowest BCUT2D eigenvalue weighted by Gasteiger charge is -2.06. The van der Waals surface area contributed by atoms with Crippen molar-refractivity contribution in [3.63, 3.8) is 0 Å². The Kier molecular flexibility index (Phi) is 6.60. The molecule has 100 valence electrons. The van der Waals surface area contributed by atoms with Gasteiger partial charge in [-0.2, -0.15) is 0 Å². The molecule has 1 aromatic carbocycles. The van der Waals surface area contributed by atoms with E-state index in [0.29, 0.717) is 11.6 Å². The van der Waals surface area contributed by atoms with E-state index in [0.717, 1.165) is 5.56 Å². The molecule has 0 aromatic heterocycles. The molecule has 0 spiro atoms. The lowest BCUT2D eigenvalue weighted by Crippen LogP contribution is -2.15. The summed E-state index contributed by atoms with van der Waals surface area (Å²) in [4.78, 5) is 11.4. The Bertz CT molecular complexity index is 371. The molecule has 3 nitrogen and oxygen atoms in total. The van der Waals surface area contributed by atoms with Crippen LogP contribution in [0.25, 0.3) is 0 Å². The standard InChI is InChI=1S/C12H14ClF2NO2/c13-7-9-1-3-10(4-2-9)16-12(17)5-6-18-8-11(14)15/h1-4,11H,5-8H2,(H,16,17). The molecule has 1 amide bonds. The molecular weight excluding hydrogens is 264 g/mol. The molecule has 0 fully saturated rings. The van der Waals surface area contributed by atoms with Crippen molar-refractivity contribution in [1.29, 1.82) is 0 Å². The van der Waals surface area contributed by atoms with Gasteiger partial charge in [0.1, 0.15) is 6.61 Å². The summed E-state index contributed by atoms with van der Waals surface area (Å²) in [6.45, 7) is -0.659. The predicted octanol–water partition coefficient (Wildman–Crippen LogP) is 3.04. The van der Waals surface area contributed by atoms with E-state index in [1.165, 1.54) is 0 Å². The van der Waals surface area contributed by atoms with Crippen LogP contribution in [0.15, 0.2) is 24.3 Å². The molecule has 0 unspecified atom stereocenters. The number of amides is 1. The maximum absolute atomic E-state index is 11.7. The van der Waals surface area contributed by atoms with E-state index in [1.54, 1.807) is 24.3 Å². The molecule has 0 atom stereocenters. The van der Waals surface area contributed by atoms with Crippen LogP contribution >= 0.6 is 11.6 Å². The molecule has 1 aromatic rings. The summed E-state index contributed by atoms with van der Waals surface area (Å²) in [5, 5.41) is 2.63. The second-order valence-electron chi connectivity index (χ2n) is 3.59. The number of hydrogen-bond donors (Lipinski definition) is 1. The Hall–Kier alpha value is -1.20. The molecular formula is C12H14ClF2NO2. The topological polar surface area (TPSA) is 38.3 Å². The van der Waals surface area contributed by atoms with Gasteiger partial charge in [0.05, 0.1) is 13.0 Å². The third-order valence-corrected chi connectivity index (χ3v) is 2.42. The molecule has 0 aliphatic carbocycles. The summed E-state index contributed by atoms with van der Waals surface area (Å²) in [5.74, 6) is 0.137. The molecule has 0 radical (unpaired) electrons. The summed E-state index contributed by atoms with van der Waals surface area (Å²) in [6.07, 6.45) is -2.46. The summed E-state index contributed by atoms with van der Waals surface area (Å²) in [6, 6.07) is 7.07. The molecule has 0 saturated heterocycles. The van der Waals surface area contributed by atoms with Crippen molar-refractivity contribution in [2.45, 2.75) is 18.7 Å². The molecule has 0 heterocycles. The molecule has 18 heavy (non-hydrogen) atoms. The molecule has 0 bridgehead atoms. The first-order valence-corrected chi connectivity index (χ1v) is 5.96. The second-order valence-corrected chi connectivity index (χ2v) is 3.86. The van der Waals surface area contributed by atoms with Crippen molar-refractivity contribution in [2.24, 2.45) is 0 Å². The van der Waals surface area contributed by atoms with E-state index in [4.69, 9.17) is 11.6 Å². The second kappa shape index (κ2) is 8.00. The van der Waals surface area contributed by atoms with Crippen LogP contribution in [0, 0.1) is 0 Å². The van der Waals surface area contributed by atoms with Crippen molar-refractivity contribution in [3.8, 4) is 0 Å². The Labute approximate surface area is 109 Å². The third kappa shape index (κ3) is 5.93. The number of hydrogen-bond acceptors (Lipinski definition) is 2. The Balaban J connectivity index is 2.26. The maximum Gasteiger partial charge on any atom is 0.261 e. The minimum atomic E-state index is -2.50. The van der Waals surface area contributed by atoms with Crippen molar-refractivity contribution in [1.82, 2.24) is 0 Å². The zero-order valence-corrected chi connectivity index (χ0v) is 10.4. The highest BCUT2D eigenvalue weighted by atomic mass is 35.5. The Morgan fingerprint density at radius 3 is 2.56 bits per heavy atom. The zero-order chi connectivity index (χ0) is 13.4. The number of anilines is 1. The van der Waals surface area contributed by atoms with E-state index in [2.05, 4.69) is 10.1 Å². The van der Waals surface area contributed by atoms with Gasteiger partial charge in [-0.3, -0.25) is 4.79 Å². The first kappa shape index (κ1) is 14.9. The van der Waals surface area contributed by atoms with Gasteiger partial charge < -0.3 is 10.1 Å². The van der Waals surface area contributed by atoms with E-state index in [-0.39, 0.29) is 18.9 Å². The number of benzene rings is 1. The van der Waals surface area contributed by atoms with Gasteiger partial charge in [0.15, 0.2) is 0 Å². The third-order valence-electron chi connectivity index (χ3n) is 2.11. The van der Waals surface area contributed by atoms with Gasteiger partial charge in [0.2, 0.25) is 5.91 Å². The molecule has 0 aliphatic rings. The molecule has 1 N–H and O–H groups in total. The molecule has 0 saturated carbocycles. The normalized spacial score (nSPS) is 10.7. The minimum absolute atomic E-state index is 0.0179. The first-order chi connectivity index (χ1) is 8.61. The van der Waals surface area contributed by atoms with Gasteiger partial charge in [-0.1, -0.05) is 12.1 Å². The van der Waals surface area contributed by atoms with Crippen molar-refractivity contribution >= 4 is 23.2 Å². The van der Waals surface area contributed by atoms with Gasteiger partial charge in [-0.05, 0) is 17.7 Å². The molecule has 0 aliphatic heterocycles. The highest BCUT2D eigenvalue weighted by Gasteiger charge is 2.05. The minimum Gasteiger partial charge on any atom is -0.375 e. The van der Waals surface area contributed by atoms with Crippen LogP contribution in [0.5, 0.6) is 0 Å². The lowest BCUT2D eigenvalue weighted by atomic mass is 10.2. The summed E-state index contributed by atoms with van der Waals surface area (Å²) < 4.78 is 28.1. The van der Waals surface area contributed by atoms with E-state index < -0.39 is 13.0 Å². The maximum atomic E-state index is 11.7. The van der Waals surface area contributed by atoms with E-state index in [1.807, 2.05) is 0 Å². The smallest absolute Gasteiger partial charge is 0.261 e. The first-order valence-electron chi connectivity index (χ1n) is 5.42. The van der Waals surface area contributed by atoms with Gasteiger partial charge in [0.25, 0.3) is 6.43 Å². The fraction of sp³-hybridized carbons (Fsp3) is 0.417. The Morgan fingerprint density at radius 2 is 2.00 bits per heavy atom. The average Bonchev–Trinajstić information content (AvgIpc) is 2.35. The van der Waals surface area contributed by atoms with Gasteiger partial charge in [-0.25, -0.2) is 8.78 Å². The monoisotopic (exact) mass is 277 g/mol.